The van der Waals surface area contributed by atoms with Crippen LogP contribution in [0.1, 0.15) is 44.2 Å². The van der Waals surface area contributed by atoms with Crippen LogP contribution in [-0.2, 0) is 6.54 Å². The molecule has 0 atom stereocenters. The van der Waals surface area contributed by atoms with Crippen LogP contribution in [0.2, 0.25) is 0 Å². The molecule has 2 nitrogen and oxygen atoms in total. The topological polar surface area (TPSA) is 15.3 Å². The number of nitrogens with one attached hydrogen (secondary N) is 1. The molecule has 0 aromatic heterocycles. The summed E-state index contributed by atoms with van der Waals surface area (Å²) >= 11 is 0. The lowest BCUT2D eigenvalue weighted by Gasteiger charge is -2.23. The van der Waals surface area contributed by atoms with Gasteiger partial charge in [-0.3, -0.25) is 0 Å². The maximum Gasteiger partial charge on any atom is 0.0396 e. The third-order valence-corrected chi connectivity index (χ3v) is 4.45. The minimum atomic E-state index is 0.471. The lowest BCUT2D eigenvalue weighted by molar-refractivity contribution is 0.418. The molecule has 1 aromatic carbocycles. The first-order valence-corrected chi connectivity index (χ1v) is 7.61. The Morgan fingerprint density at radius 2 is 2.11 bits per heavy atom. The van der Waals surface area contributed by atoms with Crippen molar-refractivity contribution in [1.82, 2.24) is 5.32 Å². The molecule has 2 heteroatoms. The van der Waals surface area contributed by atoms with Crippen molar-refractivity contribution >= 4 is 5.69 Å². The Morgan fingerprint density at radius 3 is 2.68 bits per heavy atom. The summed E-state index contributed by atoms with van der Waals surface area (Å²) in [6.45, 7) is 10.4. The van der Waals surface area contributed by atoms with Gasteiger partial charge in [0.15, 0.2) is 0 Å². The predicted octanol–water partition coefficient (Wildman–Crippen LogP) is 3.48. The summed E-state index contributed by atoms with van der Waals surface area (Å²) in [7, 11) is 0. The Hall–Kier alpha value is -1.02. The molecule has 1 aliphatic carbocycles. The van der Waals surface area contributed by atoms with E-state index in [4.69, 9.17) is 0 Å². The summed E-state index contributed by atoms with van der Waals surface area (Å²) in [6, 6.07) is 7.76. The van der Waals surface area contributed by atoms with Gasteiger partial charge in [-0.1, -0.05) is 26.0 Å². The fraction of sp³-hybridized carbons (Fsp3) is 0.647. The highest BCUT2D eigenvalue weighted by molar-refractivity contribution is 5.55. The van der Waals surface area contributed by atoms with Crippen molar-refractivity contribution in [2.75, 3.05) is 18.0 Å². The summed E-state index contributed by atoms with van der Waals surface area (Å²) in [4.78, 5) is 2.55. The summed E-state index contributed by atoms with van der Waals surface area (Å²) in [5.41, 5.74) is 4.75. The van der Waals surface area contributed by atoms with E-state index in [0.717, 1.165) is 12.6 Å². The van der Waals surface area contributed by atoms with E-state index in [1.165, 1.54) is 49.2 Å². The molecule has 1 saturated carbocycles. The highest BCUT2D eigenvalue weighted by atomic mass is 15.2. The number of aryl methyl sites for hydroxylation is 1. The van der Waals surface area contributed by atoms with E-state index >= 15 is 0 Å². The normalized spacial score (nSPS) is 21.9. The third-order valence-electron chi connectivity index (χ3n) is 4.45. The first kappa shape index (κ1) is 13.0. The molecule has 1 aliphatic heterocycles. The van der Waals surface area contributed by atoms with Crippen molar-refractivity contribution < 1.29 is 0 Å². The molecular formula is C17H26N2. The van der Waals surface area contributed by atoms with Gasteiger partial charge >= 0.3 is 0 Å². The summed E-state index contributed by atoms with van der Waals surface area (Å²) < 4.78 is 0. The molecule has 1 aromatic rings. The largest absolute Gasteiger partial charge is 0.371 e. The van der Waals surface area contributed by atoms with E-state index < -0.39 is 0 Å². The summed E-state index contributed by atoms with van der Waals surface area (Å²) in [5.74, 6) is 0. The quantitative estimate of drug-likeness (QED) is 0.889. The molecule has 0 radical (unpaired) electrons. The van der Waals surface area contributed by atoms with E-state index in [0.29, 0.717) is 5.41 Å². The van der Waals surface area contributed by atoms with E-state index in [1.54, 1.807) is 0 Å². The second kappa shape index (κ2) is 4.82. The van der Waals surface area contributed by atoms with Crippen molar-refractivity contribution in [3.63, 3.8) is 0 Å². The molecule has 1 N–H and O–H groups in total. The van der Waals surface area contributed by atoms with E-state index in [2.05, 4.69) is 49.2 Å². The van der Waals surface area contributed by atoms with Crippen molar-refractivity contribution in [3.8, 4) is 0 Å². The number of nitrogens with zero attached hydrogens (tertiary/aromatic N) is 1. The molecule has 3 rings (SSSR count). The Labute approximate surface area is 117 Å². The van der Waals surface area contributed by atoms with Gasteiger partial charge in [0.2, 0.25) is 0 Å². The molecule has 0 amide bonds. The van der Waals surface area contributed by atoms with Gasteiger partial charge < -0.3 is 10.2 Å². The van der Waals surface area contributed by atoms with Crippen LogP contribution in [0.25, 0.3) is 0 Å². The zero-order valence-electron chi connectivity index (χ0n) is 12.5. The number of rotatable bonds is 4. The van der Waals surface area contributed by atoms with Crippen LogP contribution in [0.15, 0.2) is 18.2 Å². The van der Waals surface area contributed by atoms with E-state index in [-0.39, 0.29) is 0 Å². The van der Waals surface area contributed by atoms with Crippen LogP contribution in [0.3, 0.4) is 0 Å². The first-order chi connectivity index (χ1) is 9.03. The van der Waals surface area contributed by atoms with Crippen LogP contribution in [0.4, 0.5) is 5.69 Å². The highest BCUT2D eigenvalue weighted by Gasteiger charge is 2.29. The SMILES string of the molecule is Cc1cc(CNC2CC2)ccc1N1CCC(C)(C)C1. The Balaban J connectivity index is 1.68. The van der Waals surface area contributed by atoms with Gasteiger partial charge in [0.05, 0.1) is 0 Å². The molecule has 104 valence electrons. The molecule has 1 heterocycles. The zero-order chi connectivity index (χ0) is 13.5. The van der Waals surface area contributed by atoms with Gasteiger partial charge in [-0.2, -0.15) is 0 Å². The van der Waals surface area contributed by atoms with Gasteiger partial charge in [-0.15, -0.1) is 0 Å². The lowest BCUT2D eigenvalue weighted by Crippen LogP contribution is -2.23. The van der Waals surface area contributed by atoms with E-state index in [9.17, 15) is 0 Å². The fourth-order valence-corrected chi connectivity index (χ4v) is 3.05. The highest BCUT2D eigenvalue weighted by Crippen LogP contribution is 2.34. The average molecular weight is 258 g/mol. The zero-order valence-corrected chi connectivity index (χ0v) is 12.5. The first-order valence-electron chi connectivity index (χ1n) is 7.61. The molecule has 2 aliphatic rings. The molecule has 1 saturated heterocycles. The van der Waals surface area contributed by atoms with Crippen LogP contribution in [-0.4, -0.2) is 19.1 Å². The second-order valence-corrected chi connectivity index (χ2v) is 7.11. The minimum Gasteiger partial charge on any atom is -0.371 e. The van der Waals surface area contributed by atoms with Crippen LogP contribution >= 0.6 is 0 Å². The maximum absolute atomic E-state index is 3.59. The standard InChI is InChI=1S/C17H26N2/c1-13-10-14(11-18-15-5-6-15)4-7-16(13)19-9-8-17(2,3)12-19/h4,7,10,15,18H,5-6,8-9,11-12H2,1-3H3. The van der Waals surface area contributed by atoms with Gasteiger partial charge in [0, 0.05) is 31.4 Å². The van der Waals surface area contributed by atoms with Crippen LogP contribution in [0.5, 0.6) is 0 Å². The van der Waals surface area contributed by atoms with E-state index in [1.807, 2.05) is 0 Å². The molecule has 19 heavy (non-hydrogen) atoms. The Bertz CT molecular complexity index is 460. The maximum atomic E-state index is 3.59. The molecule has 0 unspecified atom stereocenters. The molecular weight excluding hydrogens is 232 g/mol. The number of hydrogen-bond donors (Lipinski definition) is 1. The van der Waals surface area contributed by atoms with Gasteiger partial charge in [0.1, 0.15) is 0 Å². The smallest absolute Gasteiger partial charge is 0.0396 e. The molecule has 2 fully saturated rings. The van der Waals surface area contributed by atoms with Gasteiger partial charge in [0.25, 0.3) is 0 Å². The summed E-state index contributed by atoms with van der Waals surface area (Å²) in [6.07, 6.45) is 4.03. The fourth-order valence-electron chi connectivity index (χ4n) is 3.05. The van der Waals surface area contributed by atoms with Crippen molar-refractivity contribution in [2.45, 2.75) is 52.6 Å². The monoisotopic (exact) mass is 258 g/mol. The Morgan fingerprint density at radius 1 is 1.32 bits per heavy atom. The molecule has 0 bridgehead atoms. The number of hydrogen-bond acceptors (Lipinski definition) is 2. The molecule has 0 spiro atoms. The number of anilines is 1. The third kappa shape index (κ3) is 3.11. The van der Waals surface area contributed by atoms with Crippen LogP contribution in [0, 0.1) is 12.3 Å². The Kier molecular flexibility index (Phi) is 3.30. The summed E-state index contributed by atoms with van der Waals surface area (Å²) in [5, 5.41) is 3.59. The van der Waals surface area contributed by atoms with Crippen molar-refractivity contribution in [3.05, 3.63) is 29.3 Å². The predicted molar refractivity (Wildman–Crippen MR) is 81.7 cm³/mol. The van der Waals surface area contributed by atoms with Gasteiger partial charge in [-0.25, -0.2) is 0 Å². The number of benzene rings is 1. The van der Waals surface area contributed by atoms with Crippen LogP contribution < -0.4 is 10.2 Å². The van der Waals surface area contributed by atoms with Gasteiger partial charge in [-0.05, 0) is 48.8 Å². The van der Waals surface area contributed by atoms with Crippen molar-refractivity contribution in [1.29, 1.82) is 0 Å². The minimum absolute atomic E-state index is 0.471. The average Bonchev–Trinajstić information content (AvgIpc) is 3.11. The second-order valence-electron chi connectivity index (χ2n) is 7.11. The lowest BCUT2D eigenvalue weighted by atomic mass is 9.93. The van der Waals surface area contributed by atoms with Crippen molar-refractivity contribution in [2.24, 2.45) is 5.41 Å².